The van der Waals surface area contributed by atoms with Gasteiger partial charge in [0.1, 0.15) is 5.82 Å². The van der Waals surface area contributed by atoms with Gasteiger partial charge in [-0.2, -0.15) is 4.31 Å². The second kappa shape index (κ2) is 6.89. The zero-order valence-corrected chi connectivity index (χ0v) is 14.2. The number of nitro benzene ring substituents is 1. The zero-order valence-electron chi connectivity index (χ0n) is 13.3. The highest BCUT2D eigenvalue weighted by molar-refractivity contribution is 7.89. The predicted molar refractivity (Wildman–Crippen MR) is 89.8 cm³/mol. The summed E-state index contributed by atoms with van der Waals surface area (Å²) in [7, 11) is -4.04. The van der Waals surface area contributed by atoms with Crippen LogP contribution in [0.2, 0.25) is 0 Å². The Hall–Kier alpha value is -2.32. The highest BCUT2D eigenvalue weighted by Gasteiger charge is 2.35. The Kier molecular flexibility index (Phi) is 4.82. The molecule has 0 N–H and O–H groups in total. The largest absolute Gasteiger partial charge is 0.289 e. The monoisotopic (exact) mass is 364 g/mol. The van der Waals surface area contributed by atoms with Crippen LogP contribution in [-0.2, 0) is 16.6 Å². The van der Waals surface area contributed by atoms with Gasteiger partial charge in [0, 0.05) is 19.2 Å². The molecule has 0 bridgehead atoms. The first-order valence-electron chi connectivity index (χ1n) is 7.86. The topological polar surface area (TPSA) is 80.5 Å². The number of benzene rings is 2. The maximum atomic E-state index is 13.1. The average Bonchev–Trinajstić information content (AvgIpc) is 3.40. The van der Waals surface area contributed by atoms with Crippen LogP contribution in [0.15, 0.2) is 53.4 Å². The van der Waals surface area contributed by atoms with Crippen molar-refractivity contribution in [3.8, 4) is 0 Å². The maximum Gasteiger partial charge on any atom is 0.289 e. The quantitative estimate of drug-likeness (QED) is 0.557. The van der Waals surface area contributed by atoms with E-state index in [4.69, 9.17) is 0 Å². The van der Waals surface area contributed by atoms with Gasteiger partial charge in [0.05, 0.1) is 4.92 Å². The Labute approximate surface area is 145 Å². The summed E-state index contributed by atoms with van der Waals surface area (Å²) in [5, 5.41) is 11.2. The Morgan fingerprint density at radius 3 is 2.36 bits per heavy atom. The molecule has 1 aliphatic rings. The number of sulfonamides is 1. The Morgan fingerprint density at radius 2 is 1.76 bits per heavy atom. The lowest BCUT2D eigenvalue weighted by molar-refractivity contribution is -0.387. The van der Waals surface area contributed by atoms with Crippen molar-refractivity contribution >= 4 is 15.7 Å². The van der Waals surface area contributed by atoms with Gasteiger partial charge in [-0.1, -0.05) is 24.3 Å². The lowest BCUT2D eigenvalue weighted by Gasteiger charge is -2.22. The van der Waals surface area contributed by atoms with Crippen LogP contribution in [0, 0.1) is 21.8 Å². The Morgan fingerprint density at radius 1 is 1.12 bits per heavy atom. The lowest BCUT2D eigenvalue weighted by atomic mass is 10.2. The molecule has 1 saturated carbocycles. The van der Waals surface area contributed by atoms with Crippen LogP contribution in [0.1, 0.15) is 18.4 Å². The van der Waals surface area contributed by atoms with E-state index in [1.807, 2.05) is 0 Å². The van der Waals surface area contributed by atoms with Crippen molar-refractivity contribution in [1.29, 1.82) is 0 Å². The maximum absolute atomic E-state index is 13.1. The first-order chi connectivity index (χ1) is 11.9. The zero-order chi connectivity index (χ0) is 18.0. The van der Waals surface area contributed by atoms with Crippen LogP contribution in [0.3, 0.4) is 0 Å². The molecule has 8 heteroatoms. The molecule has 1 fully saturated rings. The van der Waals surface area contributed by atoms with Crippen LogP contribution in [-0.4, -0.2) is 24.2 Å². The van der Waals surface area contributed by atoms with E-state index < -0.39 is 26.5 Å². The molecule has 25 heavy (non-hydrogen) atoms. The summed E-state index contributed by atoms with van der Waals surface area (Å²) in [6, 6.07) is 10.9. The molecule has 2 aromatic rings. The van der Waals surface area contributed by atoms with Crippen LogP contribution in [0.5, 0.6) is 0 Å². The number of hydrogen-bond acceptors (Lipinski definition) is 4. The van der Waals surface area contributed by atoms with Crippen molar-refractivity contribution in [3.63, 3.8) is 0 Å². The molecule has 0 unspecified atom stereocenters. The fourth-order valence-electron chi connectivity index (χ4n) is 2.59. The third kappa shape index (κ3) is 4.02. The number of para-hydroxylation sites is 1. The molecule has 0 atom stereocenters. The van der Waals surface area contributed by atoms with Gasteiger partial charge in [-0.3, -0.25) is 10.1 Å². The van der Waals surface area contributed by atoms with Crippen LogP contribution >= 0.6 is 0 Å². The number of nitrogens with zero attached hydrogens (tertiary/aromatic N) is 2. The molecule has 0 spiro atoms. The van der Waals surface area contributed by atoms with Gasteiger partial charge in [-0.25, -0.2) is 12.8 Å². The highest BCUT2D eigenvalue weighted by Crippen LogP contribution is 2.34. The second-order valence-electron chi connectivity index (χ2n) is 6.09. The van der Waals surface area contributed by atoms with Gasteiger partial charge in [0.25, 0.3) is 5.69 Å². The van der Waals surface area contributed by atoms with Crippen molar-refractivity contribution < 1.29 is 17.7 Å². The highest BCUT2D eigenvalue weighted by atomic mass is 32.2. The van der Waals surface area contributed by atoms with Gasteiger partial charge < -0.3 is 0 Å². The minimum Gasteiger partial charge on any atom is -0.258 e. The van der Waals surface area contributed by atoms with E-state index in [0.717, 1.165) is 12.8 Å². The van der Waals surface area contributed by atoms with Crippen molar-refractivity contribution in [3.05, 3.63) is 70.0 Å². The van der Waals surface area contributed by atoms with Crippen LogP contribution < -0.4 is 0 Å². The summed E-state index contributed by atoms with van der Waals surface area (Å²) in [4.78, 5) is 10.2. The molecule has 1 aliphatic carbocycles. The van der Waals surface area contributed by atoms with E-state index in [2.05, 4.69) is 0 Å². The molecule has 3 rings (SSSR count). The minimum atomic E-state index is -4.04. The molecule has 2 aromatic carbocycles. The summed E-state index contributed by atoms with van der Waals surface area (Å²) >= 11 is 0. The van der Waals surface area contributed by atoms with E-state index in [9.17, 15) is 22.9 Å². The molecular formula is C17H17FN2O4S. The summed E-state index contributed by atoms with van der Waals surface area (Å²) < 4.78 is 40.4. The third-order valence-electron chi connectivity index (χ3n) is 4.11. The fourth-order valence-corrected chi connectivity index (χ4v) is 4.26. The minimum absolute atomic E-state index is 0.0468. The number of rotatable bonds is 7. The number of nitro groups is 1. The standard InChI is InChI=1S/C17H17FN2O4S/c18-15-9-7-14(8-10-15)12-19(11-13-5-6-13)25(23,24)17-4-2-1-3-16(17)20(21)22/h1-4,7-10,13H,5-6,11-12H2. The second-order valence-corrected chi connectivity index (χ2v) is 8.00. The van der Waals surface area contributed by atoms with Gasteiger partial charge >= 0.3 is 0 Å². The van der Waals surface area contributed by atoms with Crippen molar-refractivity contribution in [1.82, 2.24) is 4.31 Å². The molecule has 0 amide bonds. The first kappa shape index (κ1) is 17.5. The third-order valence-corrected chi connectivity index (χ3v) is 5.97. The van der Waals surface area contributed by atoms with E-state index in [1.54, 1.807) is 0 Å². The Balaban J connectivity index is 1.97. The van der Waals surface area contributed by atoms with E-state index in [0.29, 0.717) is 12.1 Å². The van der Waals surface area contributed by atoms with Gasteiger partial charge in [-0.05, 0) is 42.5 Å². The molecule has 0 aromatic heterocycles. The Bertz CT molecular complexity index is 880. The smallest absolute Gasteiger partial charge is 0.258 e. The van der Waals surface area contributed by atoms with Crippen LogP contribution in [0.4, 0.5) is 10.1 Å². The van der Waals surface area contributed by atoms with Gasteiger partial charge in [0.2, 0.25) is 10.0 Å². The van der Waals surface area contributed by atoms with Crippen molar-refractivity contribution in [2.24, 2.45) is 5.92 Å². The predicted octanol–water partition coefficient (Wildman–Crippen LogP) is 3.33. The molecular weight excluding hydrogens is 347 g/mol. The molecule has 0 saturated heterocycles. The first-order valence-corrected chi connectivity index (χ1v) is 9.30. The van der Waals surface area contributed by atoms with E-state index in [1.165, 1.54) is 52.8 Å². The summed E-state index contributed by atoms with van der Waals surface area (Å²) in [6.07, 6.45) is 1.87. The number of halogens is 1. The lowest BCUT2D eigenvalue weighted by Crippen LogP contribution is -2.33. The summed E-state index contributed by atoms with van der Waals surface area (Å²) in [5.41, 5.74) is 0.187. The average molecular weight is 364 g/mol. The van der Waals surface area contributed by atoms with Gasteiger partial charge in [-0.15, -0.1) is 0 Å². The van der Waals surface area contributed by atoms with Crippen molar-refractivity contribution in [2.45, 2.75) is 24.3 Å². The summed E-state index contributed by atoms with van der Waals surface area (Å²) in [6.45, 7) is 0.344. The molecule has 132 valence electrons. The summed E-state index contributed by atoms with van der Waals surface area (Å²) in [5.74, 6) is -0.142. The molecule has 6 nitrogen and oxygen atoms in total. The number of hydrogen-bond donors (Lipinski definition) is 0. The molecule has 0 aliphatic heterocycles. The van der Waals surface area contributed by atoms with E-state index >= 15 is 0 Å². The fraction of sp³-hybridized carbons (Fsp3) is 0.294. The SMILES string of the molecule is O=[N+]([O-])c1ccccc1S(=O)(=O)N(Cc1ccc(F)cc1)CC1CC1. The van der Waals surface area contributed by atoms with Gasteiger partial charge in [0.15, 0.2) is 4.90 Å². The molecule has 0 radical (unpaired) electrons. The van der Waals surface area contributed by atoms with E-state index in [-0.39, 0.29) is 17.4 Å². The van der Waals surface area contributed by atoms with Crippen LogP contribution in [0.25, 0.3) is 0 Å². The normalized spacial score (nSPS) is 14.6. The van der Waals surface area contributed by atoms with Crippen molar-refractivity contribution in [2.75, 3.05) is 6.54 Å². The molecule has 0 heterocycles.